The average molecular weight is 1120 g/mol. The van der Waals surface area contributed by atoms with E-state index in [4.69, 9.17) is 0 Å². The Balaban J connectivity index is 0.785. The number of hydrogen-bond acceptors (Lipinski definition) is 8. The number of azo groups is 2. The second kappa shape index (κ2) is 23.8. The van der Waals surface area contributed by atoms with Crippen LogP contribution in [0.3, 0.4) is 0 Å². The van der Waals surface area contributed by atoms with Gasteiger partial charge in [0.05, 0.1) is 22.7 Å². The van der Waals surface area contributed by atoms with Crippen LogP contribution in [-0.2, 0) is 0 Å². The third-order valence-electron chi connectivity index (χ3n) is 15.0. The number of fused-ring (bicyclic) bond motifs is 4. The molecule has 12 nitrogen and oxygen atoms in total. The molecule has 13 aromatic rings. The molecule has 13 aromatic carbocycles. The topological polar surface area (TPSA) is 166 Å². The second-order valence-electron chi connectivity index (χ2n) is 20.4. The standard InChI is InChI=1S/C74H50N8O4/c83-71(75-63-43-35-47-15-7-11-23-59(47)67(63)69-61-25-13-9-17-49(61)37-45-65(69)77-73(85)53-31-39-57(40-32-53)81-79-55-19-3-1-4-20-55)51-27-29-52(30-28-51)72(84)76-64-44-36-48-16-8-12-24-60(48)68(64)70-62-26-14-10-18-50(62)38-46-66(70)78-74(86)54-33-41-58(42-34-54)82-80-56-21-5-2-6-22-56/h1-46H,(H,75,83)(H,76,84)(H,77,85)(H,78,86). The number of carbonyl (C=O) groups is 4. The minimum atomic E-state index is -0.407. The Kier molecular flexibility index (Phi) is 14.8. The summed E-state index contributed by atoms with van der Waals surface area (Å²) in [5, 5.41) is 37.3. The zero-order chi connectivity index (χ0) is 58.3. The van der Waals surface area contributed by atoms with Gasteiger partial charge in [0.25, 0.3) is 23.6 Å². The Bertz CT molecular complexity index is 4510. The van der Waals surface area contributed by atoms with Gasteiger partial charge in [0.15, 0.2) is 0 Å². The molecule has 0 saturated carbocycles. The molecule has 0 heterocycles. The summed E-state index contributed by atoms with van der Waals surface area (Å²) in [6, 6.07) is 86.3. The molecule has 0 bridgehead atoms. The van der Waals surface area contributed by atoms with Crippen molar-refractivity contribution in [1.82, 2.24) is 0 Å². The number of nitrogens with zero attached hydrogens (tertiary/aromatic N) is 4. The van der Waals surface area contributed by atoms with Crippen LogP contribution in [0.5, 0.6) is 0 Å². The molecule has 410 valence electrons. The fourth-order valence-electron chi connectivity index (χ4n) is 10.7. The first-order chi connectivity index (χ1) is 42.3. The zero-order valence-electron chi connectivity index (χ0n) is 46.0. The van der Waals surface area contributed by atoms with Crippen molar-refractivity contribution in [2.24, 2.45) is 20.5 Å². The molecule has 0 saturated heterocycles. The minimum Gasteiger partial charge on any atom is -0.321 e. The third kappa shape index (κ3) is 11.2. The molecule has 0 unspecified atom stereocenters. The SMILES string of the molecule is O=C(Nc1ccc2ccccc2c1-c1c(NC(=O)c2ccc(C(=O)Nc3ccc4ccccc4c3-c3c(NC(=O)c4ccc(N=Nc5ccccc5)cc4)ccc4ccccc34)cc2)ccc2ccccc12)c1ccc(N=Nc2ccccc2)cc1. The van der Waals surface area contributed by atoms with Crippen molar-refractivity contribution in [2.45, 2.75) is 0 Å². The van der Waals surface area contributed by atoms with Gasteiger partial charge in [-0.05, 0) is 164 Å². The fraction of sp³-hybridized carbons (Fsp3) is 0. The highest BCUT2D eigenvalue weighted by Crippen LogP contribution is 2.46. The van der Waals surface area contributed by atoms with Crippen molar-refractivity contribution in [3.8, 4) is 22.3 Å². The highest BCUT2D eigenvalue weighted by molar-refractivity contribution is 6.21. The van der Waals surface area contributed by atoms with Gasteiger partial charge in [0.2, 0.25) is 0 Å². The van der Waals surface area contributed by atoms with E-state index in [0.717, 1.165) is 65.6 Å². The van der Waals surface area contributed by atoms with E-state index < -0.39 is 11.8 Å². The third-order valence-corrected chi connectivity index (χ3v) is 15.0. The number of carbonyl (C=O) groups excluding carboxylic acids is 4. The molecule has 0 aliphatic heterocycles. The summed E-state index contributed by atoms with van der Waals surface area (Å²) in [5.41, 5.74) is 9.11. The van der Waals surface area contributed by atoms with Crippen LogP contribution in [0.1, 0.15) is 41.4 Å². The summed E-state index contributed by atoms with van der Waals surface area (Å²) >= 11 is 0. The predicted molar refractivity (Wildman–Crippen MR) is 346 cm³/mol. The maximum atomic E-state index is 14.6. The fourth-order valence-corrected chi connectivity index (χ4v) is 10.7. The van der Waals surface area contributed by atoms with E-state index in [1.807, 2.05) is 206 Å². The number of anilines is 4. The number of hydrogen-bond donors (Lipinski definition) is 4. The van der Waals surface area contributed by atoms with E-state index in [1.54, 1.807) is 72.8 Å². The molecule has 0 spiro atoms. The highest BCUT2D eigenvalue weighted by atomic mass is 16.2. The number of benzene rings is 13. The summed E-state index contributed by atoms with van der Waals surface area (Å²) in [4.78, 5) is 57.4. The second-order valence-corrected chi connectivity index (χ2v) is 20.4. The van der Waals surface area contributed by atoms with E-state index in [-0.39, 0.29) is 11.8 Å². The van der Waals surface area contributed by atoms with Crippen LogP contribution >= 0.6 is 0 Å². The Hall–Kier alpha value is -12.0. The van der Waals surface area contributed by atoms with Gasteiger partial charge in [-0.25, -0.2) is 0 Å². The zero-order valence-corrected chi connectivity index (χ0v) is 46.0. The van der Waals surface area contributed by atoms with Crippen molar-refractivity contribution in [3.63, 3.8) is 0 Å². The quantitative estimate of drug-likeness (QED) is 0.0797. The van der Waals surface area contributed by atoms with E-state index in [1.165, 1.54) is 0 Å². The molecular weight excluding hydrogens is 1060 g/mol. The van der Waals surface area contributed by atoms with Gasteiger partial charge in [-0.15, -0.1) is 0 Å². The van der Waals surface area contributed by atoms with E-state index >= 15 is 0 Å². The van der Waals surface area contributed by atoms with Crippen LogP contribution in [0.2, 0.25) is 0 Å². The minimum absolute atomic E-state index is 0.313. The Morgan fingerprint density at radius 3 is 0.674 bits per heavy atom. The van der Waals surface area contributed by atoms with E-state index in [9.17, 15) is 19.2 Å². The summed E-state index contributed by atoms with van der Waals surface area (Å²) in [6.07, 6.45) is 0. The van der Waals surface area contributed by atoms with Crippen molar-refractivity contribution >= 4 is 112 Å². The maximum Gasteiger partial charge on any atom is 0.255 e. The summed E-state index contributed by atoms with van der Waals surface area (Å²) in [6.45, 7) is 0. The first-order valence-electron chi connectivity index (χ1n) is 27.8. The van der Waals surface area contributed by atoms with Gasteiger partial charge < -0.3 is 21.3 Å². The Morgan fingerprint density at radius 1 is 0.209 bits per heavy atom. The van der Waals surface area contributed by atoms with Crippen molar-refractivity contribution in [2.75, 3.05) is 21.3 Å². The lowest BCUT2D eigenvalue weighted by atomic mass is 9.90. The van der Waals surface area contributed by atoms with Gasteiger partial charge in [-0.2, -0.15) is 20.5 Å². The van der Waals surface area contributed by atoms with Gasteiger partial charge in [-0.3, -0.25) is 19.2 Å². The van der Waals surface area contributed by atoms with Crippen LogP contribution in [0, 0.1) is 0 Å². The molecule has 13 rings (SSSR count). The summed E-state index contributed by atoms with van der Waals surface area (Å²) in [5.74, 6) is -1.47. The van der Waals surface area contributed by atoms with Crippen molar-refractivity contribution < 1.29 is 19.2 Å². The molecule has 0 atom stereocenters. The van der Waals surface area contributed by atoms with Crippen LogP contribution in [-0.4, -0.2) is 23.6 Å². The molecule has 0 aromatic heterocycles. The smallest absolute Gasteiger partial charge is 0.255 e. The van der Waals surface area contributed by atoms with Crippen LogP contribution in [0.25, 0.3) is 65.3 Å². The molecule has 0 aliphatic rings. The number of nitrogens with one attached hydrogen (secondary N) is 4. The van der Waals surface area contributed by atoms with E-state index in [0.29, 0.717) is 67.5 Å². The largest absolute Gasteiger partial charge is 0.321 e. The van der Waals surface area contributed by atoms with Crippen LogP contribution in [0.15, 0.2) is 300 Å². The summed E-state index contributed by atoms with van der Waals surface area (Å²) in [7, 11) is 0. The van der Waals surface area contributed by atoms with Gasteiger partial charge in [0, 0.05) is 67.3 Å². The first kappa shape index (κ1) is 53.3. The monoisotopic (exact) mass is 1110 g/mol. The lowest BCUT2D eigenvalue weighted by Gasteiger charge is -2.20. The maximum absolute atomic E-state index is 14.6. The summed E-state index contributed by atoms with van der Waals surface area (Å²) < 4.78 is 0. The van der Waals surface area contributed by atoms with Gasteiger partial charge in [-0.1, -0.05) is 158 Å². The molecular formula is C74H50N8O4. The van der Waals surface area contributed by atoms with Crippen LogP contribution < -0.4 is 21.3 Å². The number of rotatable bonds is 14. The molecule has 12 heteroatoms. The molecule has 0 aliphatic carbocycles. The molecule has 0 fully saturated rings. The lowest BCUT2D eigenvalue weighted by Crippen LogP contribution is -2.16. The molecule has 4 N–H and O–H groups in total. The molecule has 0 radical (unpaired) electrons. The van der Waals surface area contributed by atoms with Crippen molar-refractivity contribution in [3.05, 3.63) is 301 Å². The van der Waals surface area contributed by atoms with Gasteiger partial charge in [0.1, 0.15) is 0 Å². The Labute approximate surface area is 494 Å². The lowest BCUT2D eigenvalue weighted by molar-refractivity contribution is 0.101. The van der Waals surface area contributed by atoms with E-state index in [2.05, 4.69) is 41.7 Å². The van der Waals surface area contributed by atoms with Crippen molar-refractivity contribution in [1.29, 1.82) is 0 Å². The predicted octanol–water partition coefficient (Wildman–Crippen LogP) is 19.5. The Morgan fingerprint density at radius 2 is 0.419 bits per heavy atom. The molecule has 86 heavy (non-hydrogen) atoms. The molecule has 4 amide bonds. The van der Waals surface area contributed by atoms with Gasteiger partial charge >= 0.3 is 0 Å². The first-order valence-corrected chi connectivity index (χ1v) is 27.8. The highest BCUT2D eigenvalue weighted by Gasteiger charge is 2.23. The normalized spacial score (nSPS) is 11.3. The average Bonchev–Trinajstić information content (AvgIpc) is 1.64. The van der Waals surface area contributed by atoms with Crippen LogP contribution in [0.4, 0.5) is 45.5 Å². The number of amides is 4.